The molecule has 0 aliphatic carbocycles. The van der Waals surface area contributed by atoms with E-state index in [0.717, 1.165) is 22.6 Å². The van der Waals surface area contributed by atoms with Crippen molar-refractivity contribution >= 4 is 29.2 Å². The van der Waals surface area contributed by atoms with Gasteiger partial charge in [0.1, 0.15) is 11.7 Å². The lowest BCUT2D eigenvalue weighted by Crippen LogP contribution is -2.58. The van der Waals surface area contributed by atoms with E-state index >= 15 is 0 Å². The summed E-state index contributed by atoms with van der Waals surface area (Å²) in [6.45, 7) is 1.80. The summed E-state index contributed by atoms with van der Waals surface area (Å²) in [6, 6.07) is 11.4. The number of hydrogen-bond donors (Lipinski definition) is 2. The Balaban J connectivity index is 1.80. The molecule has 0 bridgehead atoms. The summed E-state index contributed by atoms with van der Waals surface area (Å²) in [5.74, 6) is -2.71. The third-order valence-corrected chi connectivity index (χ3v) is 3.87. The zero-order chi connectivity index (χ0) is 18.0. The molecule has 1 fully saturated rings. The minimum absolute atomic E-state index is 0.0903. The average molecular weight is 341 g/mol. The van der Waals surface area contributed by atoms with E-state index in [2.05, 4.69) is 10.6 Å². The summed E-state index contributed by atoms with van der Waals surface area (Å²) < 4.78 is 13.1. The predicted molar refractivity (Wildman–Crippen MR) is 90.6 cm³/mol. The number of halogens is 1. The maximum atomic E-state index is 13.1. The molecule has 4 amide bonds. The van der Waals surface area contributed by atoms with Crippen molar-refractivity contribution in [3.8, 4) is 0 Å². The minimum atomic E-state index is -1.07. The number of carbonyl (C=O) groups is 3. The fourth-order valence-corrected chi connectivity index (χ4v) is 2.60. The van der Waals surface area contributed by atoms with E-state index in [0.29, 0.717) is 5.69 Å². The predicted octanol–water partition coefficient (Wildman–Crippen LogP) is 2.45. The molecular weight excluding hydrogens is 325 g/mol. The Morgan fingerprint density at radius 2 is 1.92 bits per heavy atom. The van der Waals surface area contributed by atoms with Gasteiger partial charge in [-0.25, -0.2) is 14.1 Å². The zero-order valence-electron chi connectivity index (χ0n) is 13.5. The Kier molecular flexibility index (Phi) is 4.47. The molecule has 1 saturated heterocycles. The Bertz CT molecular complexity index is 836. The second-order valence-electron chi connectivity index (χ2n) is 5.75. The highest BCUT2D eigenvalue weighted by atomic mass is 19.1. The number of nitrogens with one attached hydrogen (secondary N) is 2. The van der Waals surface area contributed by atoms with Gasteiger partial charge in [0, 0.05) is 12.2 Å². The lowest BCUT2D eigenvalue weighted by atomic mass is 10.0. The van der Waals surface area contributed by atoms with Crippen LogP contribution in [0.1, 0.15) is 5.56 Å². The summed E-state index contributed by atoms with van der Waals surface area (Å²) in [6.07, 6.45) is 0. The van der Waals surface area contributed by atoms with E-state index in [9.17, 15) is 18.8 Å². The van der Waals surface area contributed by atoms with Crippen LogP contribution in [-0.4, -0.2) is 24.4 Å². The first-order chi connectivity index (χ1) is 12.0. The number of urea groups is 1. The molecule has 1 atom stereocenters. The summed E-state index contributed by atoms with van der Waals surface area (Å²) in [4.78, 5) is 38.0. The Morgan fingerprint density at radius 3 is 2.60 bits per heavy atom. The van der Waals surface area contributed by atoms with Gasteiger partial charge in [-0.2, -0.15) is 0 Å². The normalized spacial score (nSPS) is 17.2. The van der Waals surface area contributed by atoms with Gasteiger partial charge < -0.3 is 10.6 Å². The molecule has 128 valence electrons. The molecule has 2 aromatic carbocycles. The average Bonchev–Trinajstić information content (AvgIpc) is 2.56. The number of hydrogen-bond acceptors (Lipinski definition) is 3. The smallest absolute Gasteiger partial charge is 0.328 e. The highest BCUT2D eigenvalue weighted by Gasteiger charge is 2.39. The van der Waals surface area contributed by atoms with Gasteiger partial charge in [0.25, 0.3) is 0 Å². The first-order valence-corrected chi connectivity index (χ1v) is 7.70. The van der Waals surface area contributed by atoms with Gasteiger partial charge in [0.2, 0.25) is 11.8 Å². The van der Waals surface area contributed by atoms with Gasteiger partial charge in [-0.15, -0.1) is 0 Å². The molecule has 2 N–H and O–H groups in total. The minimum Gasteiger partial charge on any atom is -0.336 e. The maximum Gasteiger partial charge on any atom is 0.328 e. The van der Waals surface area contributed by atoms with Gasteiger partial charge in [0.05, 0.1) is 5.69 Å². The highest BCUT2D eigenvalue weighted by molar-refractivity contribution is 6.23. The molecule has 0 radical (unpaired) electrons. The van der Waals surface area contributed by atoms with Gasteiger partial charge in [-0.3, -0.25) is 9.59 Å². The molecule has 0 saturated carbocycles. The van der Waals surface area contributed by atoms with E-state index in [1.165, 1.54) is 12.1 Å². The molecular formula is C18H16FN3O3. The van der Waals surface area contributed by atoms with Crippen LogP contribution >= 0.6 is 0 Å². The number of amides is 4. The van der Waals surface area contributed by atoms with E-state index < -0.39 is 29.6 Å². The summed E-state index contributed by atoms with van der Waals surface area (Å²) >= 11 is 0. The first-order valence-electron chi connectivity index (χ1n) is 7.70. The molecule has 1 aliphatic heterocycles. The number of carbonyl (C=O) groups excluding carboxylic acids is 3. The van der Waals surface area contributed by atoms with Crippen molar-refractivity contribution in [2.75, 3.05) is 16.8 Å². The van der Waals surface area contributed by atoms with E-state index in [4.69, 9.17) is 0 Å². The van der Waals surface area contributed by atoms with Crippen LogP contribution in [-0.2, 0) is 9.59 Å². The highest BCUT2D eigenvalue weighted by Crippen LogP contribution is 2.21. The van der Waals surface area contributed by atoms with Crippen molar-refractivity contribution in [1.29, 1.82) is 0 Å². The number of anilines is 2. The van der Waals surface area contributed by atoms with Crippen LogP contribution in [0, 0.1) is 18.7 Å². The van der Waals surface area contributed by atoms with Gasteiger partial charge in [-0.05, 0) is 48.9 Å². The summed E-state index contributed by atoms with van der Waals surface area (Å²) in [5, 5.41) is 5.20. The van der Waals surface area contributed by atoms with Crippen LogP contribution in [0.3, 0.4) is 0 Å². The maximum absolute atomic E-state index is 13.1. The monoisotopic (exact) mass is 341 g/mol. The third kappa shape index (κ3) is 3.50. The molecule has 2 aromatic rings. The first kappa shape index (κ1) is 16.6. The summed E-state index contributed by atoms with van der Waals surface area (Å²) in [7, 11) is 0. The molecule has 0 spiro atoms. The Hall–Kier alpha value is -3.22. The molecule has 3 rings (SSSR count). The molecule has 1 unspecified atom stereocenters. The second-order valence-corrected chi connectivity index (χ2v) is 5.75. The lowest BCUT2D eigenvalue weighted by Gasteiger charge is -2.30. The molecule has 7 heteroatoms. The number of benzene rings is 2. The number of aryl methyl sites for hydroxylation is 1. The molecule has 1 heterocycles. The summed E-state index contributed by atoms with van der Waals surface area (Å²) in [5.41, 5.74) is 1.74. The van der Waals surface area contributed by atoms with Crippen molar-refractivity contribution in [2.45, 2.75) is 6.92 Å². The molecule has 0 aromatic heterocycles. The van der Waals surface area contributed by atoms with Crippen molar-refractivity contribution in [3.63, 3.8) is 0 Å². The van der Waals surface area contributed by atoms with Crippen molar-refractivity contribution in [3.05, 3.63) is 59.9 Å². The van der Waals surface area contributed by atoms with E-state index in [1.807, 2.05) is 13.0 Å². The third-order valence-electron chi connectivity index (χ3n) is 3.87. The molecule has 6 nitrogen and oxygen atoms in total. The van der Waals surface area contributed by atoms with Gasteiger partial charge in [-0.1, -0.05) is 12.1 Å². The van der Waals surface area contributed by atoms with Crippen LogP contribution in [0.25, 0.3) is 0 Å². The van der Waals surface area contributed by atoms with Crippen molar-refractivity contribution in [1.82, 2.24) is 5.32 Å². The van der Waals surface area contributed by atoms with Crippen LogP contribution in [0.5, 0.6) is 0 Å². The quantitative estimate of drug-likeness (QED) is 0.842. The van der Waals surface area contributed by atoms with Crippen molar-refractivity contribution in [2.24, 2.45) is 5.92 Å². The van der Waals surface area contributed by atoms with Crippen LogP contribution in [0.15, 0.2) is 48.5 Å². The number of nitrogens with zero attached hydrogens (tertiary/aromatic N) is 1. The number of imide groups is 1. The Labute approximate surface area is 143 Å². The Morgan fingerprint density at radius 1 is 1.20 bits per heavy atom. The van der Waals surface area contributed by atoms with E-state index in [-0.39, 0.29) is 12.2 Å². The van der Waals surface area contributed by atoms with Crippen LogP contribution in [0.4, 0.5) is 20.6 Å². The van der Waals surface area contributed by atoms with Gasteiger partial charge in [0.15, 0.2) is 0 Å². The van der Waals surface area contributed by atoms with Crippen LogP contribution < -0.4 is 15.5 Å². The van der Waals surface area contributed by atoms with Crippen molar-refractivity contribution < 1.29 is 18.8 Å². The molecule has 1 aliphatic rings. The topological polar surface area (TPSA) is 78.5 Å². The SMILES string of the molecule is Cc1cccc(NC(=O)C2CNC(=O)N(c3ccc(F)cc3)C2=O)c1. The largest absolute Gasteiger partial charge is 0.336 e. The zero-order valence-corrected chi connectivity index (χ0v) is 13.5. The van der Waals surface area contributed by atoms with Crippen LogP contribution in [0.2, 0.25) is 0 Å². The molecule has 25 heavy (non-hydrogen) atoms. The van der Waals surface area contributed by atoms with E-state index in [1.54, 1.807) is 18.2 Å². The standard InChI is InChI=1S/C18H16FN3O3/c1-11-3-2-4-13(9-11)21-16(23)15-10-20-18(25)22(17(15)24)14-7-5-12(19)6-8-14/h2-9,15H,10H2,1H3,(H,20,25)(H,21,23). The second kappa shape index (κ2) is 6.72. The lowest BCUT2D eigenvalue weighted by molar-refractivity contribution is -0.130. The number of rotatable bonds is 3. The van der Waals surface area contributed by atoms with Gasteiger partial charge >= 0.3 is 6.03 Å². The fraction of sp³-hybridized carbons (Fsp3) is 0.167. The fourth-order valence-electron chi connectivity index (χ4n) is 2.60.